The molecular weight excluding hydrogens is 366 g/mol. The van der Waals surface area contributed by atoms with Gasteiger partial charge in [-0.15, -0.1) is 0 Å². The van der Waals surface area contributed by atoms with Gasteiger partial charge in [-0.1, -0.05) is 31.2 Å². The lowest BCUT2D eigenvalue weighted by atomic mass is 9.49. The molecule has 1 aromatic carbocycles. The fraction of sp³-hybridized carbons (Fsp3) is 0.625. The molecule has 0 heterocycles. The van der Waals surface area contributed by atoms with Gasteiger partial charge in [-0.2, -0.15) is 0 Å². The predicted molar refractivity (Wildman–Crippen MR) is 109 cm³/mol. The highest BCUT2D eigenvalue weighted by atomic mass is 16.5. The smallest absolute Gasteiger partial charge is 0.325 e. The summed E-state index contributed by atoms with van der Waals surface area (Å²) in [5, 5.41) is 2.71. The van der Waals surface area contributed by atoms with Gasteiger partial charge in [0.15, 0.2) is 12.4 Å². The maximum Gasteiger partial charge on any atom is 0.325 e. The van der Waals surface area contributed by atoms with E-state index in [1.54, 1.807) is 12.1 Å². The average Bonchev–Trinajstić information content (AvgIpc) is 2.69. The maximum atomic E-state index is 12.5. The van der Waals surface area contributed by atoms with Crippen LogP contribution in [-0.4, -0.2) is 30.8 Å². The van der Waals surface area contributed by atoms with Crippen molar-refractivity contribution in [2.75, 3.05) is 13.2 Å². The Labute approximate surface area is 172 Å². The van der Waals surface area contributed by atoms with Crippen LogP contribution < -0.4 is 5.32 Å². The lowest BCUT2D eigenvalue weighted by molar-refractivity contribution is -0.143. The van der Waals surface area contributed by atoms with Crippen LogP contribution in [0.1, 0.15) is 67.8 Å². The van der Waals surface area contributed by atoms with Gasteiger partial charge in [0.05, 0.1) is 0 Å². The van der Waals surface area contributed by atoms with Crippen LogP contribution in [0.5, 0.6) is 0 Å². The Balaban J connectivity index is 1.19. The highest BCUT2D eigenvalue weighted by Gasteiger charge is 2.51. The number of esters is 1. The van der Waals surface area contributed by atoms with Crippen LogP contribution in [0.3, 0.4) is 0 Å². The quantitative estimate of drug-likeness (QED) is 0.536. The number of ketones is 1. The third kappa shape index (κ3) is 4.71. The normalized spacial score (nSPS) is 29.5. The first-order valence-electron chi connectivity index (χ1n) is 11.0. The topological polar surface area (TPSA) is 72.5 Å². The van der Waals surface area contributed by atoms with E-state index in [1.165, 1.54) is 38.5 Å². The molecule has 4 aliphatic carbocycles. The van der Waals surface area contributed by atoms with E-state index in [9.17, 15) is 14.4 Å². The SMILES string of the molecule is CCc1ccc(C(=O)COC(=O)CNC(=O)CC23CC4CC(CC(C4)C2)C3)cc1. The van der Waals surface area contributed by atoms with Crippen molar-refractivity contribution in [3.8, 4) is 0 Å². The highest BCUT2D eigenvalue weighted by Crippen LogP contribution is 2.61. The van der Waals surface area contributed by atoms with Crippen LogP contribution in [0.2, 0.25) is 0 Å². The van der Waals surface area contributed by atoms with Crippen molar-refractivity contribution in [2.45, 2.75) is 58.3 Å². The first kappa shape index (κ1) is 20.1. The minimum Gasteiger partial charge on any atom is -0.456 e. The lowest BCUT2D eigenvalue weighted by Crippen LogP contribution is -2.48. The molecule has 1 N–H and O–H groups in total. The van der Waals surface area contributed by atoms with E-state index in [0.29, 0.717) is 12.0 Å². The summed E-state index contributed by atoms with van der Waals surface area (Å²) in [6.07, 6.45) is 8.98. The monoisotopic (exact) mass is 397 g/mol. The Morgan fingerprint density at radius 3 is 2.14 bits per heavy atom. The third-order valence-corrected chi connectivity index (χ3v) is 7.18. The predicted octanol–water partition coefficient (Wildman–Crippen LogP) is 3.70. The molecule has 0 saturated heterocycles. The van der Waals surface area contributed by atoms with Gasteiger partial charge >= 0.3 is 5.97 Å². The van der Waals surface area contributed by atoms with Crippen molar-refractivity contribution in [1.29, 1.82) is 0 Å². The van der Waals surface area contributed by atoms with Crippen molar-refractivity contribution in [3.05, 3.63) is 35.4 Å². The second-order valence-electron chi connectivity index (χ2n) is 9.51. The fourth-order valence-electron chi connectivity index (χ4n) is 6.29. The summed E-state index contributed by atoms with van der Waals surface area (Å²) in [6.45, 7) is 1.58. The molecule has 4 fully saturated rings. The van der Waals surface area contributed by atoms with Gasteiger partial charge in [-0.3, -0.25) is 14.4 Å². The van der Waals surface area contributed by atoms with Gasteiger partial charge in [0.2, 0.25) is 5.91 Å². The summed E-state index contributed by atoms with van der Waals surface area (Å²) in [5.41, 5.74) is 1.84. The molecule has 29 heavy (non-hydrogen) atoms. The van der Waals surface area contributed by atoms with Crippen LogP contribution in [0.4, 0.5) is 0 Å². The van der Waals surface area contributed by atoms with Crippen LogP contribution in [0, 0.1) is 23.2 Å². The zero-order valence-corrected chi connectivity index (χ0v) is 17.2. The highest BCUT2D eigenvalue weighted by molar-refractivity contribution is 5.98. The fourth-order valence-corrected chi connectivity index (χ4v) is 6.29. The molecule has 0 atom stereocenters. The van der Waals surface area contributed by atoms with E-state index in [4.69, 9.17) is 4.74 Å². The van der Waals surface area contributed by atoms with Crippen LogP contribution >= 0.6 is 0 Å². The first-order chi connectivity index (χ1) is 13.9. The van der Waals surface area contributed by atoms with Gasteiger partial charge in [-0.25, -0.2) is 0 Å². The molecule has 5 heteroatoms. The van der Waals surface area contributed by atoms with Crippen molar-refractivity contribution in [3.63, 3.8) is 0 Å². The number of hydrogen-bond donors (Lipinski definition) is 1. The number of carbonyl (C=O) groups excluding carboxylic acids is 3. The van der Waals surface area contributed by atoms with E-state index in [-0.39, 0.29) is 30.3 Å². The van der Waals surface area contributed by atoms with Crippen LogP contribution in [0.15, 0.2) is 24.3 Å². The van der Waals surface area contributed by atoms with Gasteiger partial charge in [0.25, 0.3) is 0 Å². The Morgan fingerprint density at radius 1 is 1.00 bits per heavy atom. The minimum absolute atomic E-state index is 0.0645. The van der Waals surface area contributed by atoms with Crippen LogP contribution in [-0.2, 0) is 20.7 Å². The number of Topliss-reactive ketones (excluding diaryl/α,β-unsaturated/α-hetero) is 1. The van der Waals surface area contributed by atoms with Crippen molar-refractivity contribution in [1.82, 2.24) is 5.32 Å². The molecule has 1 aromatic rings. The Kier molecular flexibility index (Phi) is 5.75. The van der Waals surface area contributed by atoms with Crippen molar-refractivity contribution >= 4 is 17.7 Å². The number of rotatable bonds is 8. The molecule has 4 bridgehead atoms. The zero-order valence-electron chi connectivity index (χ0n) is 17.2. The van der Waals surface area contributed by atoms with Crippen LogP contribution in [0.25, 0.3) is 0 Å². The molecule has 4 saturated carbocycles. The number of amides is 1. The number of benzene rings is 1. The summed E-state index contributed by atoms with van der Waals surface area (Å²) < 4.78 is 5.06. The molecule has 4 aliphatic rings. The first-order valence-corrected chi connectivity index (χ1v) is 11.0. The summed E-state index contributed by atoms with van der Waals surface area (Å²) in [6, 6.07) is 7.31. The average molecular weight is 398 g/mol. The number of carbonyl (C=O) groups is 3. The molecule has 5 rings (SSSR count). The van der Waals surface area contributed by atoms with Crippen molar-refractivity contribution < 1.29 is 19.1 Å². The summed E-state index contributed by atoms with van der Waals surface area (Å²) >= 11 is 0. The summed E-state index contributed by atoms with van der Waals surface area (Å²) in [5.74, 6) is 1.54. The molecule has 0 aliphatic heterocycles. The van der Waals surface area contributed by atoms with Gasteiger partial charge in [0, 0.05) is 12.0 Å². The largest absolute Gasteiger partial charge is 0.456 e. The van der Waals surface area contributed by atoms with Gasteiger partial charge in [-0.05, 0) is 73.7 Å². The number of nitrogens with one attached hydrogen (secondary N) is 1. The van der Waals surface area contributed by atoms with Crippen molar-refractivity contribution in [2.24, 2.45) is 23.2 Å². The maximum absolute atomic E-state index is 12.5. The second-order valence-corrected chi connectivity index (χ2v) is 9.51. The Morgan fingerprint density at radius 2 is 1.59 bits per heavy atom. The molecule has 5 nitrogen and oxygen atoms in total. The molecule has 1 amide bonds. The number of hydrogen-bond acceptors (Lipinski definition) is 4. The van der Waals surface area contributed by atoms with Gasteiger partial charge in [0.1, 0.15) is 6.54 Å². The molecule has 0 radical (unpaired) electrons. The summed E-state index contributed by atoms with van der Waals surface area (Å²) in [7, 11) is 0. The van der Waals surface area contributed by atoms with E-state index >= 15 is 0 Å². The summed E-state index contributed by atoms with van der Waals surface area (Å²) in [4.78, 5) is 36.6. The molecule has 0 aromatic heterocycles. The molecule has 0 spiro atoms. The second kappa shape index (κ2) is 8.29. The van der Waals surface area contributed by atoms with Gasteiger partial charge < -0.3 is 10.1 Å². The Hall–Kier alpha value is -2.17. The standard InChI is InChI=1S/C24H31NO4/c1-2-16-3-5-20(6-4-16)21(26)15-29-23(28)14-25-22(27)13-24-10-17-7-18(11-24)9-19(8-17)12-24/h3-6,17-19H,2,7-15H2,1H3,(H,25,27). The van der Waals surface area contributed by atoms with E-state index in [1.807, 2.05) is 12.1 Å². The lowest BCUT2D eigenvalue weighted by Gasteiger charge is -2.56. The minimum atomic E-state index is -0.567. The Bertz CT molecular complexity index is 747. The zero-order chi connectivity index (χ0) is 20.4. The van der Waals surface area contributed by atoms with E-state index in [2.05, 4.69) is 12.2 Å². The van der Waals surface area contributed by atoms with E-state index in [0.717, 1.165) is 29.7 Å². The van der Waals surface area contributed by atoms with E-state index < -0.39 is 5.97 Å². The number of ether oxygens (including phenoxy) is 1. The number of aryl methyl sites for hydroxylation is 1. The molecule has 156 valence electrons. The molecular formula is C24H31NO4. The third-order valence-electron chi connectivity index (χ3n) is 7.18. The molecule has 0 unspecified atom stereocenters.